The first-order valence-corrected chi connectivity index (χ1v) is 9.84. The zero-order chi connectivity index (χ0) is 24.3. The highest BCUT2D eigenvalue weighted by Crippen LogP contribution is 2.24. The molecule has 0 bridgehead atoms. The minimum Gasteiger partial charge on any atom is -0.406 e. The molecule has 0 spiro atoms. The van der Waals surface area contributed by atoms with E-state index < -0.39 is 35.8 Å². The van der Waals surface area contributed by atoms with Crippen LogP contribution in [-0.2, 0) is 17.9 Å². The fraction of sp³-hybridized carbons (Fsp3) is 0.136. The Labute approximate surface area is 189 Å². The number of hydrogen-bond donors (Lipinski definition) is 1. The average molecular weight is 471 g/mol. The lowest BCUT2D eigenvalue weighted by Gasteiger charge is -2.14. The number of ether oxygens (including phenoxy) is 1. The van der Waals surface area contributed by atoms with E-state index in [0.717, 1.165) is 21.3 Å². The first-order chi connectivity index (χ1) is 16.2. The van der Waals surface area contributed by atoms with Crippen LogP contribution in [0.5, 0.6) is 5.75 Å². The molecule has 9 nitrogen and oxygen atoms in total. The maximum atomic E-state index is 13.2. The molecule has 3 heterocycles. The van der Waals surface area contributed by atoms with Crippen LogP contribution in [0.25, 0.3) is 11.0 Å². The van der Waals surface area contributed by atoms with Crippen LogP contribution in [0.4, 0.5) is 18.9 Å². The third-order valence-corrected chi connectivity index (χ3v) is 4.75. The van der Waals surface area contributed by atoms with E-state index in [-0.39, 0.29) is 23.3 Å². The lowest BCUT2D eigenvalue weighted by molar-refractivity contribution is -0.274. The second kappa shape index (κ2) is 9.17. The molecular weight excluding hydrogens is 455 g/mol. The van der Waals surface area contributed by atoms with E-state index in [4.69, 9.17) is 0 Å². The molecule has 0 saturated heterocycles. The number of alkyl halides is 3. The van der Waals surface area contributed by atoms with E-state index in [0.29, 0.717) is 5.56 Å². The number of benzene rings is 1. The van der Waals surface area contributed by atoms with E-state index in [2.05, 4.69) is 20.0 Å². The largest absolute Gasteiger partial charge is 0.573 e. The molecule has 0 aliphatic rings. The third-order valence-electron chi connectivity index (χ3n) is 4.75. The Balaban J connectivity index is 1.63. The van der Waals surface area contributed by atoms with Crippen LogP contribution in [0.2, 0.25) is 0 Å². The fourth-order valence-electron chi connectivity index (χ4n) is 3.29. The monoisotopic (exact) mass is 471 g/mol. The van der Waals surface area contributed by atoms with Gasteiger partial charge in [-0.15, -0.1) is 13.2 Å². The number of nitrogens with zero attached hydrogens (tertiary/aromatic N) is 4. The van der Waals surface area contributed by atoms with Crippen molar-refractivity contribution in [3.63, 3.8) is 0 Å². The molecule has 0 aliphatic carbocycles. The Morgan fingerprint density at radius 1 is 0.971 bits per heavy atom. The summed E-state index contributed by atoms with van der Waals surface area (Å²) in [4.78, 5) is 46.7. The molecule has 4 rings (SSSR count). The van der Waals surface area contributed by atoms with Gasteiger partial charge < -0.3 is 10.1 Å². The first-order valence-electron chi connectivity index (χ1n) is 9.84. The molecule has 0 aliphatic heterocycles. The number of aromatic nitrogens is 4. The Morgan fingerprint density at radius 2 is 1.68 bits per heavy atom. The number of pyridine rings is 2. The van der Waals surface area contributed by atoms with Crippen LogP contribution >= 0.6 is 0 Å². The van der Waals surface area contributed by atoms with E-state index >= 15 is 0 Å². The van der Waals surface area contributed by atoms with Gasteiger partial charge >= 0.3 is 12.1 Å². The van der Waals surface area contributed by atoms with Gasteiger partial charge in [-0.3, -0.25) is 23.7 Å². The smallest absolute Gasteiger partial charge is 0.406 e. The van der Waals surface area contributed by atoms with Crippen molar-refractivity contribution in [2.24, 2.45) is 0 Å². The normalized spacial score (nSPS) is 11.4. The van der Waals surface area contributed by atoms with Crippen molar-refractivity contribution < 1.29 is 22.7 Å². The summed E-state index contributed by atoms with van der Waals surface area (Å²) >= 11 is 0. The summed E-state index contributed by atoms with van der Waals surface area (Å²) in [7, 11) is 0. The van der Waals surface area contributed by atoms with Crippen molar-refractivity contribution in [3.8, 4) is 5.75 Å². The van der Waals surface area contributed by atoms with Gasteiger partial charge in [-0.05, 0) is 54.1 Å². The van der Waals surface area contributed by atoms with E-state index in [1.807, 2.05) is 0 Å². The highest BCUT2D eigenvalue weighted by Gasteiger charge is 2.31. The molecule has 0 unspecified atom stereocenters. The molecule has 4 aromatic rings. The van der Waals surface area contributed by atoms with Gasteiger partial charge in [-0.25, -0.2) is 9.78 Å². The van der Waals surface area contributed by atoms with Crippen molar-refractivity contribution >= 4 is 22.6 Å². The number of carbonyl (C=O) groups is 1. The van der Waals surface area contributed by atoms with Crippen LogP contribution in [-0.4, -0.2) is 31.4 Å². The topological polar surface area (TPSA) is 108 Å². The Morgan fingerprint density at radius 3 is 2.35 bits per heavy atom. The predicted molar refractivity (Wildman–Crippen MR) is 115 cm³/mol. The number of halogens is 3. The third kappa shape index (κ3) is 5.11. The second-order valence-electron chi connectivity index (χ2n) is 7.11. The van der Waals surface area contributed by atoms with Crippen LogP contribution in [0.3, 0.4) is 0 Å². The van der Waals surface area contributed by atoms with Crippen LogP contribution < -0.4 is 21.3 Å². The number of fused-ring (bicyclic) bond motifs is 1. The van der Waals surface area contributed by atoms with Gasteiger partial charge in [0.15, 0.2) is 5.52 Å². The summed E-state index contributed by atoms with van der Waals surface area (Å²) in [6.07, 6.45) is -0.381. The number of amides is 1. The lowest BCUT2D eigenvalue weighted by Crippen LogP contribution is -2.42. The quantitative estimate of drug-likeness (QED) is 0.463. The molecule has 0 radical (unpaired) electrons. The second-order valence-corrected chi connectivity index (χ2v) is 7.11. The summed E-state index contributed by atoms with van der Waals surface area (Å²) in [5.74, 6) is -1.08. The SMILES string of the molecule is O=C(Cn1c(=O)n(Cc2ccncc2)c(=O)c2ncccc21)Nc1ccc(OC(F)(F)F)cc1. The molecule has 0 atom stereocenters. The zero-order valence-corrected chi connectivity index (χ0v) is 17.3. The van der Waals surface area contributed by atoms with Crippen molar-refractivity contribution in [2.45, 2.75) is 19.5 Å². The molecule has 0 fully saturated rings. The standard InChI is InChI=1S/C22H16F3N5O4/c23-22(24,25)34-16-5-3-15(4-6-16)28-18(31)13-29-17-2-1-9-27-19(17)20(32)30(21(29)33)12-14-7-10-26-11-8-14/h1-11H,12-13H2,(H,28,31). The molecule has 1 aromatic carbocycles. The van der Waals surface area contributed by atoms with Gasteiger partial charge in [0.25, 0.3) is 5.56 Å². The number of hydrogen-bond acceptors (Lipinski definition) is 6. The van der Waals surface area contributed by atoms with Crippen molar-refractivity contribution in [2.75, 3.05) is 5.32 Å². The molecule has 0 saturated carbocycles. The van der Waals surface area contributed by atoms with E-state index in [9.17, 15) is 27.6 Å². The van der Waals surface area contributed by atoms with Gasteiger partial charge in [0, 0.05) is 24.3 Å². The Kier molecular flexibility index (Phi) is 6.13. The van der Waals surface area contributed by atoms with E-state index in [1.54, 1.807) is 12.1 Å². The van der Waals surface area contributed by atoms with Gasteiger partial charge in [-0.2, -0.15) is 0 Å². The van der Waals surface area contributed by atoms with Crippen LogP contribution in [0.15, 0.2) is 76.7 Å². The molecule has 12 heteroatoms. The van der Waals surface area contributed by atoms with Crippen LogP contribution in [0, 0.1) is 0 Å². The highest BCUT2D eigenvalue weighted by molar-refractivity contribution is 5.91. The number of nitrogens with one attached hydrogen (secondary N) is 1. The number of anilines is 1. The minimum absolute atomic E-state index is 0.0117. The minimum atomic E-state index is -4.83. The number of carbonyl (C=O) groups excluding carboxylic acids is 1. The first kappa shape index (κ1) is 22.7. The van der Waals surface area contributed by atoms with Gasteiger partial charge in [-0.1, -0.05) is 0 Å². The molecule has 3 aromatic heterocycles. The van der Waals surface area contributed by atoms with Gasteiger partial charge in [0.1, 0.15) is 12.3 Å². The van der Waals surface area contributed by atoms with Crippen LogP contribution in [0.1, 0.15) is 5.56 Å². The highest BCUT2D eigenvalue weighted by atomic mass is 19.4. The molecule has 34 heavy (non-hydrogen) atoms. The molecule has 1 amide bonds. The summed E-state index contributed by atoms with van der Waals surface area (Å²) in [5.41, 5.74) is -0.285. The maximum Gasteiger partial charge on any atom is 0.573 e. The van der Waals surface area contributed by atoms with E-state index in [1.165, 1.54) is 42.9 Å². The van der Waals surface area contributed by atoms with Crippen molar-refractivity contribution in [3.05, 3.63) is 93.5 Å². The maximum absolute atomic E-state index is 13.2. The lowest BCUT2D eigenvalue weighted by atomic mass is 10.2. The summed E-state index contributed by atoms with van der Waals surface area (Å²) in [6.45, 7) is -0.507. The molecular formula is C22H16F3N5O4. The summed E-state index contributed by atoms with van der Waals surface area (Å²) < 4.78 is 42.8. The van der Waals surface area contributed by atoms with Gasteiger partial charge in [0.2, 0.25) is 5.91 Å². The summed E-state index contributed by atoms with van der Waals surface area (Å²) in [5, 5.41) is 2.50. The van der Waals surface area contributed by atoms with Crippen molar-refractivity contribution in [1.82, 2.24) is 19.1 Å². The predicted octanol–water partition coefficient (Wildman–Crippen LogP) is 2.54. The fourth-order valence-corrected chi connectivity index (χ4v) is 3.29. The Bertz CT molecular complexity index is 1450. The molecule has 1 N–H and O–H groups in total. The number of rotatable bonds is 6. The molecule has 174 valence electrons. The summed E-state index contributed by atoms with van der Waals surface area (Å²) in [6, 6.07) is 10.9. The zero-order valence-electron chi connectivity index (χ0n) is 17.3. The Hall–Kier alpha value is -4.48. The van der Waals surface area contributed by atoms with Gasteiger partial charge in [0.05, 0.1) is 12.1 Å². The average Bonchev–Trinajstić information content (AvgIpc) is 2.80. The van der Waals surface area contributed by atoms with Crippen molar-refractivity contribution in [1.29, 1.82) is 0 Å².